The number of nitrogens with zero attached hydrogens (tertiary/aromatic N) is 1. The van der Waals surface area contributed by atoms with Gasteiger partial charge in [-0.3, -0.25) is 0 Å². The van der Waals surface area contributed by atoms with Crippen molar-refractivity contribution in [2.24, 2.45) is 17.8 Å². The maximum atomic E-state index is 6.40. The molecule has 5 aliphatic carbocycles. The lowest BCUT2D eigenvalue weighted by Gasteiger charge is -2.57. The van der Waals surface area contributed by atoms with Gasteiger partial charge >= 0.3 is 0 Å². The summed E-state index contributed by atoms with van der Waals surface area (Å²) in [7, 11) is 0. The van der Waals surface area contributed by atoms with E-state index in [1.807, 2.05) is 6.07 Å². The third kappa shape index (κ3) is 4.48. The molecule has 6 aromatic carbocycles. The van der Waals surface area contributed by atoms with Crippen LogP contribution in [-0.2, 0) is 10.8 Å². The van der Waals surface area contributed by atoms with Crippen LogP contribution in [0.4, 0.5) is 17.1 Å². The molecule has 0 N–H and O–H groups in total. The third-order valence-corrected chi connectivity index (χ3v) is 13.4. The highest BCUT2D eigenvalue weighted by Gasteiger charge is 2.51. The molecule has 7 aromatic rings. The third-order valence-electron chi connectivity index (χ3n) is 13.4. The first kappa shape index (κ1) is 29.6. The number of furan rings is 1. The van der Waals surface area contributed by atoms with E-state index in [4.69, 9.17) is 4.42 Å². The molecule has 1 aromatic heterocycles. The van der Waals surface area contributed by atoms with Gasteiger partial charge in [0.05, 0.1) is 0 Å². The molecule has 0 unspecified atom stereocenters. The van der Waals surface area contributed by atoms with E-state index in [0.717, 1.165) is 56.8 Å². The smallest absolute Gasteiger partial charge is 0.137 e. The molecule has 0 atom stereocenters. The van der Waals surface area contributed by atoms with Gasteiger partial charge in [0.15, 0.2) is 0 Å². The molecule has 4 saturated carbocycles. The molecule has 0 radical (unpaired) electrons. The van der Waals surface area contributed by atoms with Gasteiger partial charge in [-0.05, 0) is 143 Å². The lowest BCUT2D eigenvalue weighted by Crippen LogP contribution is -2.48. The quantitative estimate of drug-likeness (QED) is 0.183. The van der Waals surface area contributed by atoms with Crippen LogP contribution in [0, 0.1) is 17.8 Å². The first-order chi connectivity index (χ1) is 24.9. The summed E-state index contributed by atoms with van der Waals surface area (Å²) in [6, 6.07) is 49.8. The highest BCUT2D eigenvalue weighted by atomic mass is 16.3. The van der Waals surface area contributed by atoms with Crippen LogP contribution in [0.5, 0.6) is 0 Å². The average molecular weight is 662 g/mol. The summed E-state index contributed by atoms with van der Waals surface area (Å²) in [5.41, 5.74) is 15.1. The van der Waals surface area contributed by atoms with Gasteiger partial charge in [-0.25, -0.2) is 0 Å². The zero-order valence-corrected chi connectivity index (χ0v) is 29.5. The highest BCUT2D eigenvalue weighted by molar-refractivity contribution is 6.06. The topological polar surface area (TPSA) is 16.4 Å². The van der Waals surface area contributed by atoms with Crippen molar-refractivity contribution in [2.75, 3.05) is 4.90 Å². The number of hydrogen-bond donors (Lipinski definition) is 0. The summed E-state index contributed by atoms with van der Waals surface area (Å²) >= 11 is 0. The van der Waals surface area contributed by atoms with Gasteiger partial charge in [0.25, 0.3) is 0 Å². The Bertz CT molecular complexity index is 2440. The van der Waals surface area contributed by atoms with E-state index in [2.05, 4.69) is 146 Å². The van der Waals surface area contributed by atoms with Gasteiger partial charge in [0, 0.05) is 39.3 Å². The number of benzene rings is 6. The zero-order chi connectivity index (χ0) is 33.9. The van der Waals surface area contributed by atoms with Crippen LogP contribution in [-0.4, -0.2) is 0 Å². The van der Waals surface area contributed by atoms with Crippen LogP contribution >= 0.6 is 0 Å². The summed E-state index contributed by atoms with van der Waals surface area (Å²) < 4.78 is 6.40. The Morgan fingerprint density at radius 3 is 1.82 bits per heavy atom. The predicted octanol–water partition coefficient (Wildman–Crippen LogP) is 13.5. The van der Waals surface area contributed by atoms with Gasteiger partial charge in [-0.15, -0.1) is 0 Å². The van der Waals surface area contributed by atoms with E-state index >= 15 is 0 Å². The highest BCUT2D eigenvalue weighted by Crippen LogP contribution is 2.61. The molecular formula is C49H43NO. The van der Waals surface area contributed by atoms with Gasteiger partial charge < -0.3 is 9.32 Å². The summed E-state index contributed by atoms with van der Waals surface area (Å²) in [6.45, 7) is 4.71. The maximum Gasteiger partial charge on any atom is 0.137 e. The zero-order valence-electron chi connectivity index (χ0n) is 29.5. The molecule has 2 heteroatoms. The molecule has 250 valence electrons. The molecule has 0 saturated heterocycles. The number of para-hydroxylation sites is 1. The summed E-state index contributed by atoms with van der Waals surface area (Å²) in [5, 5.41) is 2.30. The van der Waals surface area contributed by atoms with Crippen LogP contribution in [0.2, 0.25) is 0 Å². The number of hydrogen-bond acceptors (Lipinski definition) is 2. The van der Waals surface area contributed by atoms with E-state index in [-0.39, 0.29) is 5.41 Å². The fourth-order valence-corrected chi connectivity index (χ4v) is 11.4. The Kier molecular flexibility index (Phi) is 6.23. The van der Waals surface area contributed by atoms with Crippen LogP contribution < -0.4 is 4.90 Å². The van der Waals surface area contributed by atoms with Crippen molar-refractivity contribution in [2.45, 2.75) is 63.2 Å². The minimum Gasteiger partial charge on any atom is -0.456 e. The van der Waals surface area contributed by atoms with Crippen LogP contribution in [0.1, 0.15) is 69.1 Å². The molecule has 0 amide bonds. The Labute approximate surface area is 300 Å². The summed E-state index contributed by atoms with van der Waals surface area (Å²) in [6.07, 6.45) is 8.70. The van der Waals surface area contributed by atoms with E-state index in [0.29, 0.717) is 5.41 Å². The number of fused-ring (bicyclic) bond motifs is 6. The second kappa shape index (κ2) is 10.7. The predicted molar refractivity (Wildman–Crippen MR) is 211 cm³/mol. The Morgan fingerprint density at radius 1 is 0.510 bits per heavy atom. The molecule has 5 aliphatic rings. The van der Waals surface area contributed by atoms with E-state index < -0.39 is 0 Å². The minimum absolute atomic E-state index is 0.0809. The lowest BCUT2D eigenvalue weighted by atomic mass is 9.48. The first-order valence-electron chi connectivity index (χ1n) is 19.1. The van der Waals surface area contributed by atoms with Crippen molar-refractivity contribution in [3.63, 3.8) is 0 Å². The Hall–Kier alpha value is -5.08. The molecule has 4 bridgehead atoms. The Morgan fingerprint density at radius 2 is 1.08 bits per heavy atom. The number of rotatable bonds is 5. The molecule has 0 aliphatic heterocycles. The maximum absolute atomic E-state index is 6.40. The molecule has 2 nitrogen and oxygen atoms in total. The normalized spacial score (nSPS) is 23.8. The molecule has 4 fully saturated rings. The fraction of sp³-hybridized carbons (Fsp3) is 0.265. The van der Waals surface area contributed by atoms with Gasteiger partial charge in [-0.2, -0.15) is 0 Å². The standard InChI is InChI=1S/C49H43NO/c1-48(2)44-9-5-3-7-40(44)41-21-19-38(26-45(41)48)50(39-20-22-43-42-8-4-6-10-46(42)51-47(43)27-39)37-17-13-35(14-18-37)34-11-15-36(16-12-34)49-28-31-23-32(29-49)25-33(24-31)30-49/h3-22,26-27,31-33H,23-25,28-30H2,1-2H3. The molecule has 1 heterocycles. The molecule has 12 rings (SSSR count). The average Bonchev–Trinajstić information content (AvgIpc) is 3.63. The van der Waals surface area contributed by atoms with Crippen molar-refractivity contribution in [3.8, 4) is 22.3 Å². The van der Waals surface area contributed by atoms with E-state index in [1.54, 1.807) is 5.56 Å². The summed E-state index contributed by atoms with van der Waals surface area (Å²) in [5.74, 6) is 2.89. The van der Waals surface area contributed by atoms with Gasteiger partial charge in [0.1, 0.15) is 11.2 Å². The fourth-order valence-electron chi connectivity index (χ4n) is 11.4. The van der Waals surface area contributed by atoms with E-state index in [9.17, 15) is 0 Å². The molecule has 51 heavy (non-hydrogen) atoms. The first-order valence-corrected chi connectivity index (χ1v) is 19.1. The van der Waals surface area contributed by atoms with Gasteiger partial charge in [0.2, 0.25) is 0 Å². The number of anilines is 3. The van der Waals surface area contributed by atoms with Crippen molar-refractivity contribution in [1.29, 1.82) is 0 Å². The second-order valence-electron chi connectivity index (χ2n) is 16.8. The molecular weight excluding hydrogens is 619 g/mol. The lowest BCUT2D eigenvalue weighted by molar-refractivity contribution is -0.00518. The SMILES string of the molecule is CC1(C)c2ccccc2-c2ccc(N(c3ccc(-c4ccc(C56CC7CC(CC(C7)C5)C6)cc4)cc3)c3ccc4c(c3)oc3ccccc34)cc21. The van der Waals surface area contributed by atoms with Crippen molar-refractivity contribution in [3.05, 3.63) is 150 Å². The van der Waals surface area contributed by atoms with Crippen molar-refractivity contribution >= 4 is 39.0 Å². The van der Waals surface area contributed by atoms with Crippen molar-refractivity contribution < 1.29 is 4.42 Å². The van der Waals surface area contributed by atoms with Gasteiger partial charge in [-0.1, -0.05) is 98.8 Å². The minimum atomic E-state index is -0.0809. The monoisotopic (exact) mass is 661 g/mol. The second-order valence-corrected chi connectivity index (χ2v) is 16.8. The van der Waals surface area contributed by atoms with Crippen LogP contribution in [0.25, 0.3) is 44.2 Å². The largest absolute Gasteiger partial charge is 0.456 e. The van der Waals surface area contributed by atoms with E-state index in [1.165, 1.54) is 71.9 Å². The van der Waals surface area contributed by atoms with Crippen LogP contribution in [0.15, 0.2) is 138 Å². The van der Waals surface area contributed by atoms with Crippen LogP contribution in [0.3, 0.4) is 0 Å². The van der Waals surface area contributed by atoms with Crippen molar-refractivity contribution in [1.82, 2.24) is 0 Å². The molecule has 0 spiro atoms. The Balaban J connectivity index is 0.979. The summed E-state index contributed by atoms with van der Waals surface area (Å²) in [4.78, 5) is 2.39.